The van der Waals surface area contributed by atoms with Crippen LogP contribution in [0, 0.1) is 0 Å². The molecule has 0 bridgehead atoms. The second kappa shape index (κ2) is 6.84. The lowest BCUT2D eigenvalue weighted by Crippen LogP contribution is -2.25. The van der Waals surface area contributed by atoms with E-state index in [4.69, 9.17) is 4.74 Å². The van der Waals surface area contributed by atoms with Crippen LogP contribution in [0.2, 0.25) is 0 Å². The number of methoxy groups -OCH3 is 1. The molecule has 1 atom stereocenters. The molecule has 0 fully saturated rings. The first kappa shape index (κ1) is 18.9. The van der Waals surface area contributed by atoms with Gasteiger partial charge < -0.3 is 19.7 Å². The van der Waals surface area contributed by atoms with Gasteiger partial charge in [0.25, 0.3) is 0 Å². The molecule has 1 aromatic heterocycles. The van der Waals surface area contributed by atoms with E-state index in [9.17, 15) is 23.1 Å². The molecule has 4 rings (SSSR count). The van der Waals surface area contributed by atoms with Gasteiger partial charge in [-0.1, -0.05) is 6.07 Å². The summed E-state index contributed by atoms with van der Waals surface area (Å²) in [5.41, 5.74) is 1.01. The number of benzene rings is 2. The van der Waals surface area contributed by atoms with Gasteiger partial charge in [0.2, 0.25) is 5.91 Å². The van der Waals surface area contributed by atoms with E-state index >= 15 is 0 Å². The molecule has 2 aromatic carbocycles. The number of phenolic OH excluding ortho intramolecular Hbond substituents is 1. The zero-order valence-electron chi connectivity index (χ0n) is 15.2. The third kappa shape index (κ3) is 3.39. The Bertz CT molecular complexity index is 1070. The van der Waals surface area contributed by atoms with Gasteiger partial charge >= 0.3 is 6.18 Å². The minimum Gasteiger partial charge on any atom is -0.504 e. The van der Waals surface area contributed by atoms with Crippen LogP contribution in [0.5, 0.6) is 11.5 Å². The molecule has 3 aromatic rings. The Morgan fingerprint density at radius 1 is 1.21 bits per heavy atom. The van der Waals surface area contributed by atoms with E-state index < -0.39 is 17.7 Å². The van der Waals surface area contributed by atoms with Crippen LogP contribution >= 0.6 is 0 Å². The Morgan fingerprint density at radius 2 is 1.93 bits per heavy atom. The van der Waals surface area contributed by atoms with E-state index in [2.05, 4.69) is 10.3 Å². The Labute approximate surface area is 163 Å². The summed E-state index contributed by atoms with van der Waals surface area (Å²) < 4.78 is 45.3. The highest BCUT2D eigenvalue weighted by Crippen LogP contribution is 2.40. The number of hydrogen-bond donors (Lipinski definition) is 2. The number of carbonyl (C=O) groups excluding carboxylic acids is 1. The van der Waals surface area contributed by atoms with Crippen LogP contribution in [0.15, 0.2) is 48.8 Å². The van der Waals surface area contributed by atoms with Gasteiger partial charge in [-0.25, -0.2) is 4.98 Å². The van der Waals surface area contributed by atoms with E-state index in [0.717, 1.165) is 12.1 Å². The number of aromatic hydroxyl groups is 1. The predicted molar refractivity (Wildman–Crippen MR) is 98.3 cm³/mol. The topological polar surface area (TPSA) is 76.4 Å². The van der Waals surface area contributed by atoms with Crippen molar-refractivity contribution in [1.29, 1.82) is 0 Å². The van der Waals surface area contributed by atoms with Gasteiger partial charge in [-0.2, -0.15) is 13.2 Å². The van der Waals surface area contributed by atoms with Crippen LogP contribution in [0.25, 0.3) is 5.69 Å². The number of ether oxygens (including phenoxy) is 1. The standard InChI is InChI=1S/C20H16F3N3O3/c1-29-16-7-2-11(8-15(16)27)14-9-17(28)25-19-18(14)26(10-24-19)13-5-3-12(4-6-13)20(21,22)23/h2-8,10,14,27H,9H2,1H3,(H,25,28). The van der Waals surface area contributed by atoms with Crippen molar-refractivity contribution in [2.45, 2.75) is 18.5 Å². The summed E-state index contributed by atoms with van der Waals surface area (Å²) in [7, 11) is 1.43. The third-order valence-electron chi connectivity index (χ3n) is 4.86. The number of halogens is 3. The first-order valence-corrected chi connectivity index (χ1v) is 8.69. The number of anilines is 1. The Morgan fingerprint density at radius 3 is 2.55 bits per heavy atom. The quantitative estimate of drug-likeness (QED) is 0.691. The molecule has 2 heterocycles. The van der Waals surface area contributed by atoms with Crippen LogP contribution in [0.3, 0.4) is 0 Å². The molecule has 150 valence electrons. The fourth-order valence-corrected chi connectivity index (χ4v) is 3.47. The largest absolute Gasteiger partial charge is 0.504 e. The molecular weight excluding hydrogens is 387 g/mol. The summed E-state index contributed by atoms with van der Waals surface area (Å²) in [4.78, 5) is 16.4. The molecule has 9 heteroatoms. The number of alkyl halides is 3. The second-order valence-electron chi connectivity index (χ2n) is 6.63. The van der Waals surface area contributed by atoms with Crippen molar-refractivity contribution in [2.24, 2.45) is 0 Å². The first-order valence-electron chi connectivity index (χ1n) is 8.69. The molecule has 0 saturated carbocycles. The smallest absolute Gasteiger partial charge is 0.416 e. The predicted octanol–water partition coefficient (Wildman–Crippen LogP) is 4.08. The highest BCUT2D eigenvalue weighted by Gasteiger charge is 2.33. The molecular formula is C20H16F3N3O3. The number of aromatic nitrogens is 2. The number of nitrogens with zero attached hydrogens (tertiary/aromatic N) is 2. The van der Waals surface area contributed by atoms with Gasteiger partial charge in [0.15, 0.2) is 17.3 Å². The number of imidazole rings is 1. The van der Waals surface area contributed by atoms with Crippen LogP contribution in [-0.2, 0) is 11.0 Å². The Hall–Kier alpha value is -3.49. The van der Waals surface area contributed by atoms with Crippen molar-refractivity contribution in [3.63, 3.8) is 0 Å². The van der Waals surface area contributed by atoms with Gasteiger partial charge in [-0.15, -0.1) is 0 Å². The number of nitrogens with one attached hydrogen (secondary N) is 1. The Kier molecular flexibility index (Phi) is 4.45. The maximum Gasteiger partial charge on any atom is 0.416 e. The number of amides is 1. The maximum atomic E-state index is 12.9. The minimum atomic E-state index is -4.43. The zero-order chi connectivity index (χ0) is 20.8. The van der Waals surface area contributed by atoms with Gasteiger partial charge in [-0.05, 0) is 42.0 Å². The summed E-state index contributed by atoms with van der Waals surface area (Å²) >= 11 is 0. The molecule has 6 nitrogen and oxygen atoms in total. The normalized spacial score (nSPS) is 16.3. The van der Waals surface area contributed by atoms with Gasteiger partial charge in [0.05, 0.1) is 18.4 Å². The van der Waals surface area contributed by atoms with Gasteiger partial charge in [0.1, 0.15) is 6.33 Å². The lowest BCUT2D eigenvalue weighted by molar-refractivity contribution is -0.137. The number of carbonyl (C=O) groups is 1. The van der Waals surface area contributed by atoms with Crippen LogP contribution in [-0.4, -0.2) is 27.7 Å². The highest BCUT2D eigenvalue weighted by atomic mass is 19.4. The molecule has 29 heavy (non-hydrogen) atoms. The average molecular weight is 403 g/mol. The van der Waals surface area contributed by atoms with E-state index in [1.165, 1.54) is 31.6 Å². The van der Waals surface area contributed by atoms with E-state index in [-0.39, 0.29) is 18.1 Å². The van der Waals surface area contributed by atoms with Gasteiger partial charge in [0, 0.05) is 18.0 Å². The van der Waals surface area contributed by atoms with Crippen molar-refractivity contribution < 1.29 is 27.8 Å². The lowest BCUT2D eigenvalue weighted by Gasteiger charge is -2.25. The fourth-order valence-electron chi connectivity index (χ4n) is 3.47. The molecule has 1 aliphatic heterocycles. The number of hydrogen-bond acceptors (Lipinski definition) is 4. The summed E-state index contributed by atoms with van der Waals surface area (Å²) in [6.07, 6.45) is -2.87. The number of fused-ring (bicyclic) bond motifs is 1. The SMILES string of the molecule is COc1ccc(C2CC(=O)Nc3ncn(-c4ccc(C(F)(F)F)cc4)c32)cc1O. The number of phenols is 1. The van der Waals surface area contributed by atoms with Crippen LogP contribution < -0.4 is 10.1 Å². The summed E-state index contributed by atoms with van der Waals surface area (Å²) in [5.74, 6) is -0.124. The maximum absolute atomic E-state index is 12.9. The van der Waals surface area contributed by atoms with Crippen molar-refractivity contribution in [3.8, 4) is 17.2 Å². The average Bonchev–Trinajstić information content (AvgIpc) is 3.10. The first-order chi connectivity index (χ1) is 13.8. The minimum absolute atomic E-state index is 0.0712. The van der Waals surface area contributed by atoms with Crippen LogP contribution in [0.4, 0.5) is 19.0 Å². The fraction of sp³-hybridized carbons (Fsp3) is 0.200. The summed E-state index contributed by atoms with van der Waals surface area (Å²) in [6, 6.07) is 9.53. The zero-order valence-corrected chi connectivity index (χ0v) is 15.2. The molecule has 0 saturated heterocycles. The van der Waals surface area contributed by atoms with Gasteiger partial charge in [-0.3, -0.25) is 4.79 Å². The third-order valence-corrected chi connectivity index (χ3v) is 4.86. The highest BCUT2D eigenvalue weighted by molar-refractivity contribution is 5.94. The molecule has 0 radical (unpaired) electrons. The monoisotopic (exact) mass is 403 g/mol. The molecule has 2 N–H and O–H groups in total. The summed E-state index contributed by atoms with van der Waals surface area (Å²) in [5, 5.41) is 12.8. The second-order valence-corrected chi connectivity index (χ2v) is 6.63. The molecule has 1 unspecified atom stereocenters. The van der Waals surface area contributed by atoms with Crippen molar-refractivity contribution in [2.75, 3.05) is 12.4 Å². The molecule has 1 amide bonds. The van der Waals surface area contributed by atoms with Crippen molar-refractivity contribution in [1.82, 2.24) is 9.55 Å². The van der Waals surface area contributed by atoms with E-state index in [0.29, 0.717) is 28.5 Å². The van der Waals surface area contributed by atoms with E-state index in [1.807, 2.05) is 0 Å². The Balaban J connectivity index is 1.79. The van der Waals surface area contributed by atoms with Crippen molar-refractivity contribution >= 4 is 11.7 Å². The van der Waals surface area contributed by atoms with Crippen molar-refractivity contribution in [3.05, 3.63) is 65.6 Å². The molecule has 1 aliphatic rings. The number of rotatable bonds is 3. The lowest BCUT2D eigenvalue weighted by atomic mass is 9.89. The van der Waals surface area contributed by atoms with Crippen LogP contribution in [0.1, 0.15) is 29.2 Å². The molecule has 0 aliphatic carbocycles. The molecule has 0 spiro atoms. The van der Waals surface area contributed by atoms with E-state index in [1.54, 1.807) is 16.7 Å². The summed E-state index contributed by atoms with van der Waals surface area (Å²) in [6.45, 7) is 0.